The molecular weight excluding hydrogens is 274 g/mol. The van der Waals surface area contributed by atoms with Crippen LogP contribution in [0.25, 0.3) is 0 Å². The largest absolute Gasteiger partial charge is 0.356 e. The van der Waals surface area contributed by atoms with Gasteiger partial charge in [-0.25, -0.2) is 0 Å². The van der Waals surface area contributed by atoms with Crippen LogP contribution in [0.4, 0.5) is 0 Å². The van der Waals surface area contributed by atoms with Gasteiger partial charge < -0.3 is 5.32 Å². The molecule has 0 aromatic carbocycles. The summed E-state index contributed by atoms with van der Waals surface area (Å²) in [5.74, 6) is 2.74. The van der Waals surface area contributed by atoms with Gasteiger partial charge in [0.05, 0.1) is 0 Å². The van der Waals surface area contributed by atoms with Gasteiger partial charge in [0.2, 0.25) is 5.91 Å². The predicted octanol–water partition coefficient (Wildman–Crippen LogP) is 3.96. The van der Waals surface area contributed by atoms with E-state index in [1.165, 1.54) is 12.8 Å². The lowest BCUT2D eigenvalue weighted by molar-refractivity contribution is -0.128. The van der Waals surface area contributed by atoms with Crippen LogP contribution in [0.15, 0.2) is 0 Å². The number of hydrogen-bond acceptors (Lipinski definition) is 2. The maximum Gasteiger partial charge on any atom is 0.223 e. The molecule has 3 nitrogen and oxygen atoms in total. The molecule has 2 aliphatic rings. The van der Waals surface area contributed by atoms with E-state index in [1.807, 2.05) is 13.8 Å². The summed E-state index contributed by atoms with van der Waals surface area (Å²) in [5.41, 5.74) is 0. The number of carbonyl (C=O) groups excluding carboxylic acids is 2. The van der Waals surface area contributed by atoms with Crippen LogP contribution in [0.2, 0.25) is 0 Å². The molecule has 0 bridgehead atoms. The molecule has 0 spiro atoms. The summed E-state index contributed by atoms with van der Waals surface area (Å²) in [7, 11) is 0. The number of nitrogens with one attached hydrogen (secondary N) is 1. The maximum atomic E-state index is 12.2. The lowest BCUT2D eigenvalue weighted by Crippen LogP contribution is -2.37. The first-order valence-corrected chi connectivity index (χ1v) is 9.28. The summed E-state index contributed by atoms with van der Waals surface area (Å²) >= 11 is 0. The minimum absolute atomic E-state index is 0.162. The van der Waals surface area contributed by atoms with Gasteiger partial charge in [-0.1, -0.05) is 20.8 Å². The number of carbonyl (C=O) groups is 2. The van der Waals surface area contributed by atoms with E-state index < -0.39 is 0 Å². The van der Waals surface area contributed by atoms with Gasteiger partial charge in [-0.05, 0) is 63.2 Å². The van der Waals surface area contributed by atoms with Crippen LogP contribution in [0.3, 0.4) is 0 Å². The Morgan fingerprint density at radius 2 is 1.45 bits per heavy atom. The number of rotatable bonds is 5. The first-order chi connectivity index (χ1) is 10.5. The fourth-order valence-corrected chi connectivity index (χ4v) is 4.03. The smallest absolute Gasteiger partial charge is 0.223 e. The molecule has 3 heteroatoms. The highest BCUT2D eigenvalue weighted by Gasteiger charge is 2.29. The predicted molar refractivity (Wildman–Crippen MR) is 89.4 cm³/mol. The van der Waals surface area contributed by atoms with Crippen molar-refractivity contribution >= 4 is 11.7 Å². The Bertz CT molecular complexity index is 375. The van der Waals surface area contributed by atoms with Crippen LogP contribution < -0.4 is 5.32 Å². The zero-order chi connectivity index (χ0) is 16.1. The van der Waals surface area contributed by atoms with Gasteiger partial charge in [0.25, 0.3) is 0 Å². The Kier molecular flexibility index (Phi) is 6.46. The van der Waals surface area contributed by atoms with Crippen molar-refractivity contribution in [1.82, 2.24) is 5.32 Å². The Balaban J connectivity index is 1.66. The monoisotopic (exact) mass is 307 g/mol. The molecule has 0 radical (unpaired) electrons. The highest BCUT2D eigenvalue weighted by Crippen LogP contribution is 2.31. The summed E-state index contributed by atoms with van der Waals surface area (Å²) in [6, 6.07) is 0. The average Bonchev–Trinajstić information content (AvgIpc) is 2.53. The molecule has 2 saturated carbocycles. The van der Waals surface area contributed by atoms with E-state index in [2.05, 4.69) is 12.2 Å². The first-order valence-electron chi connectivity index (χ1n) is 9.28. The highest BCUT2D eigenvalue weighted by atomic mass is 16.2. The van der Waals surface area contributed by atoms with E-state index in [-0.39, 0.29) is 23.7 Å². The summed E-state index contributed by atoms with van der Waals surface area (Å²) in [6.07, 6.45) is 8.71. The summed E-state index contributed by atoms with van der Waals surface area (Å²) in [4.78, 5) is 24.3. The van der Waals surface area contributed by atoms with E-state index in [0.717, 1.165) is 51.0 Å². The topological polar surface area (TPSA) is 46.2 Å². The van der Waals surface area contributed by atoms with Crippen molar-refractivity contribution in [1.29, 1.82) is 0 Å². The second-order valence-electron chi connectivity index (χ2n) is 7.98. The third-order valence-electron chi connectivity index (χ3n) is 5.77. The van der Waals surface area contributed by atoms with Gasteiger partial charge in [-0.2, -0.15) is 0 Å². The molecule has 0 aliphatic heterocycles. The van der Waals surface area contributed by atoms with E-state index in [1.54, 1.807) is 0 Å². The van der Waals surface area contributed by atoms with Crippen molar-refractivity contribution in [2.24, 2.45) is 29.6 Å². The van der Waals surface area contributed by atoms with Crippen molar-refractivity contribution in [2.45, 2.75) is 72.1 Å². The number of hydrogen-bond donors (Lipinski definition) is 1. The van der Waals surface area contributed by atoms with Gasteiger partial charge in [-0.3, -0.25) is 9.59 Å². The van der Waals surface area contributed by atoms with Crippen molar-refractivity contribution in [3.05, 3.63) is 0 Å². The Labute approximate surface area is 135 Å². The number of Topliss-reactive ketones (excluding diaryl/α,β-unsaturated/α-hetero) is 1. The molecule has 2 fully saturated rings. The Hall–Kier alpha value is -0.860. The van der Waals surface area contributed by atoms with Crippen LogP contribution in [0, 0.1) is 29.6 Å². The molecule has 0 atom stereocenters. The minimum Gasteiger partial charge on any atom is -0.356 e. The third-order valence-corrected chi connectivity index (χ3v) is 5.77. The van der Waals surface area contributed by atoms with Gasteiger partial charge in [-0.15, -0.1) is 0 Å². The van der Waals surface area contributed by atoms with Crippen molar-refractivity contribution in [3.8, 4) is 0 Å². The minimum atomic E-state index is 0.162. The summed E-state index contributed by atoms with van der Waals surface area (Å²) < 4.78 is 0. The van der Waals surface area contributed by atoms with E-state index in [4.69, 9.17) is 0 Å². The fourth-order valence-electron chi connectivity index (χ4n) is 4.03. The molecule has 0 aromatic rings. The van der Waals surface area contributed by atoms with Gasteiger partial charge in [0.15, 0.2) is 0 Å². The Morgan fingerprint density at radius 3 is 2.00 bits per heavy atom. The molecule has 0 unspecified atom stereocenters. The molecule has 126 valence electrons. The maximum absolute atomic E-state index is 12.2. The number of amides is 1. The zero-order valence-electron chi connectivity index (χ0n) is 14.6. The van der Waals surface area contributed by atoms with Crippen LogP contribution in [0.1, 0.15) is 72.1 Å². The standard InChI is InChI=1S/C19H33NO2/c1-13(2)18(21)16-10-6-15(7-11-16)12-20-19(22)17-8-4-14(3)5-9-17/h13-17H,4-12H2,1-3H3,(H,20,22). The quantitative estimate of drug-likeness (QED) is 0.835. The summed E-state index contributed by atoms with van der Waals surface area (Å²) in [5, 5.41) is 3.18. The molecular formula is C19H33NO2. The molecule has 22 heavy (non-hydrogen) atoms. The molecule has 0 saturated heterocycles. The van der Waals surface area contributed by atoms with E-state index >= 15 is 0 Å². The molecule has 2 aliphatic carbocycles. The van der Waals surface area contributed by atoms with E-state index in [9.17, 15) is 9.59 Å². The third kappa shape index (κ3) is 4.82. The average molecular weight is 307 g/mol. The molecule has 2 rings (SSSR count). The highest BCUT2D eigenvalue weighted by molar-refractivity contribution is 5.82. The fraction of sp³-hybridized carbons (Fsp3) is 0.895. The second kappa shape index (κ2) is 8.12. The SMILES string of the molecule is CC1CCC(C(=O)NCC2CCC(C(=O)C(C)C)CC2)CC1. The van der Waals surface area contributed by atoms with Crippen LogP contribution >= 0.6 is 0 Å². The molecule has 1 N–H and O–H groups in total. The zero-order valence-corrected chi connectivity index (χ0v) is 14.6. The lowest BCUT2D eigenvalue weighted by Gasteiger charge is -2.30. The van der Waals surface area contributed by atoms with E-state index in [0.29, 0.717) is 11.7 Å². The molecule has 0 aromatic heterocycles. The first kappa shape index (κ1) is 17.5. The van der Waals surface area contributed by atoms with Crippen molar-refractivity contribution in [2.75, 3.05) is 6.54 Å². The number of ketones is 1. The van der Waals surface area contributed by atoms with Crippen molar-refractivity contribution < 1.29 is 9.59 Å². The van der Waals surface area contributed by atoms with Crippen LogP contribution in [-0.4, -0.2) is 18.2 Å². The lowest BCUT2D eigenvalue weighted by atomic mass is 9.77. The molecule has 1 amide bonds. The van der Waals surface area contributed by atoms with Crippen molar-refractivity contribution in [3.63, 3.8) is 0 Å². The van der Waals surface area contributed by atoms with Crippen LogP contribution in [0.5, 0.6) is 0 Å². The summed E-state index contributed by atoms with van der Waals surface area (Å²) in [6.45, 7) is 7.10. The van der Waals surface area contributed by atoms with Crippen LogP contribution in [-0.2, 0) is 9.59 Å². The van der Waals surface area contributed by atoms with Gasteiger partial charge in [0, 0.05) is 24.3 Å². The Morgan fingerprint density at radius 1 is 0.909 bits per heavy atom. The normalized spacial score (nSPS) is 32.7. The molecule has 0 heterocycles. The van der Waals surface area contributed by atoms with Gasteiger partial charge in [0.1, 0.15) is 5.78 Å². The second-order valence-corrected chi connectivity index (χ2v) is 7.98. The van der Waals surface area contributed by atoms with Gasteiger partial charge >= 0.3 is 0 Å².